The Hall–Kier alpha value is -7.12. The molecule has 3 aromatic heterocycles. The highest BCUT2D eigenvalue weighted by atomic mass is 19.1. The number of rotatable bonds is 5. The minimum atomic E-state index is -0.491. The fourth-order valence-electron chi connectivity index (χ4n) is 7.48. The van der Waals surface area contributed by atoms with Gasteiger partial charge in [0.1, 0.15) is 11.6 Å². The first-order valence-corrected chi connectivity index (χ1v) is 17.0. The van der Waals surface area contributed by atoms with Crippen LogP contribution in [0.2, 0.25) is 0 Å². The van der Waals surface area contributed by atoms with Crippen LogP contribution in [0.25, 0.3) is 89.2 Å². The summed E-state index contributed by atoms with van der Waals surface area (Å²) in [5.41, 5.74) is 6.86. The highest BCUT2D eigenvalue weighted by Crippen LogP contribution is 2.40. The molecule has 0 fully saturated rings. The fraction of sp³-hybridized carbons (Fsp3) is 0. The average molecular weight is 674 g/mol. The Morgan fingerprint density at radius 2 is 1.00 bits per heavy atom. The SMILES string of the molecule is Oc1ccccc1-c1c(F)cccc1-c1nc(-c2ccccc2)nc(-n2c3ccccc3c3ccc(-n4c5ccccc5c5ccccc54)cc32)n1. The third kappa shape index (κ3) is 4.60. The number of nitrogens with zero attached hydrogens (tertiary/aromatic N) is 5. The first-order chi connectivity index (χ1) is 25.6. The molecule has 0 amide bonds. The van der Waals surface area contributed by atoms with Crippen molar-refractivity contribution in [2.24, 2.45) is 0 Å². The molecule has 1 N–H and O–H groups in total. The van der Waals surface area contributed by atoms with Crippen LogP contribution in [0.1, 0.15) is 0 Å². The van der Waals surface area contributed by atoms with Gasteiger partial charge in [-0.15, -0.1) is 0 Å². The van der Waals surface area contributed by atoms with Gasteiger partial charge in [0.05, 0.1) is 22.1 Å². The molecule has 7 heteroatoms. The van der Waals surface area contributed by atoms with Gasteiger partial charge in [0.2, 0.25) is 5.95 Å². The molecular weight excluding hydrogens is 646 g/mol. The van der Waals surface area contributed by atoms with E-state index in [1.54, 1.807) is 36.4 Å². The lowest BCUT2D eigenvalue weighted by molar-refractivity contribution is 0.476. The molecule has 6 nitrogen and oxygen atoms in total. The number of aromatic nitrogens is 5. The number of fused-ring (bicyclic) bond motifs is 6. The average Bonchev–Trinajstić information content (AvgIpc) is 3.71. The van der Waals surface area contributed by atoms with Crippen molar-refractivity contribution >= 4 is 43.6 Å². The van der Waals surface area contributed by atoms with Gasteiger partial charge in [-0.25, -0.2) is 9.37 Å². The van der Waals surface area contributed by atoms with Gasteiger partial charge in [-0.05, 0) is 42.5 Å². The van der Waals surface area contributed by atoms with Crippen molar-refractivity contribution in [1.82, 2.24) is 24.1 Å². The predicted molar refractivity (Wildman–Crippen MR) is 206 cm³/mol. The first kappa shape index (κ1) is 29.8. The number of benzene rings is 7. The topological polar surface area (TPSA) is 68.8 Å². The van der Waals surface area contributed by atoms with Crippen molar-refractivity contribution in [3.8, 4) is 51.3 Å². The monoisotopic (exact) mass is 673 g/mol. The normalized spacial score (nSPS) is 11.6. The third-order valence-corrected chi connectivity index (χ3v) is 9.78. The molecule has 10 aromatic rings. The van der Waals surface area contributed by atoms with Crippen molar-refractivity contribution in [3.05, 3.63) is 170 Å². The summed E-state index contributed by atoms with van der Waals surface area (Å²) in [4.78, 5) is 15.1. The first-order valence-electron chi connectivity index (χ1n) is 17.0. The Labute approximate surface area is 297 Å². The van der Waals surface area contributed by atoms with Gasteiger partial charge in [-0.1, -0.05) is 121 Å². The van der Waals surface area contributed by atoms with E-state index in [1.807, 2.05) is 42.5 Å². The van der Waals surface area contributed by atoms with E-state index in [4.69, 9.17) is 15.0 Å². The molecule has 0 aliphatic carbocycles. The number of hydrogen-bond acceptors (Lipinski definition) is 4. The summed E-state index contributed by atoms with van der Waals surface area (Å²) in [6.45, 7) is 0. The maximum atomic E-state index is 15.8. The Morgan fingerprint density at radius 1 is 0.442 bits per heavy atom. The van der Waals surface area contributed by atoms with Crippen LogP contribution in [0, 0.1) is 5.82 Å². The zero-order valence-corrected chi connectivity index (χ0v) is 27.6. The molecule has 0 unspecified atom stereocenters. The van der Waals surface area contributed by atoms with Gasteiger partial charge >= 0.3 is 0 Å². The number of phenols is 1. The number of para-hydroxylation sites is 4. The Morgan fingerprint density at radius 3 is 1.69 bits per heavy atom. The van der Waals surface area contributed by atoms with E-state index in [1.165, 1.54) is 16.8 Å². The van der Waals surface area contributed by atoms with Crippen molar-refractivity contribution in [2.45, 2.75) is 0 Å². The lowest BCUT2D eigenvalue weighted by Crippen LogP contribution is -2.07. The van der Waals surface area contributed by atoms with Crippen LogP contribution < -0.4 is 0 Å². The number of phenolic OH excluding ortho intramolecular Hbond substituents is 1. The lowest BCUT2D eigenvalue weighted by Gasteiger charge is -2.15. The van der Waals surface area contributed by atoms with E-state index in [2.05, 4.69) is 88.0 Å². The van der Waals surface area contributed by atoms with E-state index >= 15 is 4.39 Å². The van der Waals surface area contributed by atoms with Crippen molar-refractivity contribution in [1.29, 1.82) is 0 Å². The van der Waals surface area contributed by atoms with Gasteiger partial charge in [-0.3, -0.25) is 4.57 Å². The molecule has 0 bridgehead atoms. The summed E-state index contributed by atoms with van der Waals surface area (Å²) < 4.78 is 20.2. The fourth-order valence-corrected chi connectivity index (χ4v) is 7.48. The summed E-state index contributed by atoms with van der Waals surface area (Å²) in [6, 6.07) is 52.9. The van der Waals surface area contributed by atoms with Crippen LogP contribution in [0.15, 0.2) is 164 Å². The van der Waals surface area contributed by atoms with Crippen LogP contribution in [-0.2, 0) is 0 Å². The summed E-state index contributed by atoms with van der Waals surface area (Å²) in [6.07, 6.45) is 0. The highest BCUT2D eigenvalue weighted by molar-refractivity contribution is 6.11. The quantitative estimate of drug-likeness (QED) is 0.197. The molecular formula is C45H28FN5O. The van der Waals surface area contributed by atoms with Crippen molar-refractivity contribution < 1.29 is 9.50 Å². The maximum absolute atomic E-state index is 15.8. The van der Waals surface area contributed by atoms with Crippen LogP contribution in [0.3, 0.4) is 0 Å². The van der Waals surface area contributed by atoms with Crippen LogP contribution in [-0.4, -0.2) is 29.2 Å². The van der Waals surface area contributed by atoms with E-state index in [0.29, 0.717) is 22.9 Å². The zero-order chi connectivity index (χ0) is 34.8. The van der Waals surface area contributed by atoms with Gasteiger partial charge in [0.25, 0.3) is 0 Å². The molecule has 52 heavy (non-hydrogen) atoms. The molecule has 0 spiro atoms. The van der Waals surface area contributed by atoms with Crippen LogP contribution in [0.4, 0.5) is 4.39 Å². The Kier molecular flexibility index (Phi) is 6.72. The maximum Gasteiger partial charge on any atom is 0.238 e. The molecule has 0 aliphatic heterocycles. The van der Waals surface area contributed by atoms with Crippen molar-refractivity contribution in [3.63, 3.8) is 0 Å². The summed E-state index contributed by atoms with van der Waals surface area (Å²) in [5.74, 6) is 0.590. The summed E-state index contributed by atoms with van der Waals surface area (Å²) >= 11 is 0. The summed E-state index contributed by atoms with van der Waals surface area (Å²) in [7, 11) is 0. The van der Waals surface area contributed by atoms with Gasteiger partial charge in [-0.2, -0.15) is 9.97 Å². The predicted octanol–water partition coefficient (Wildman–Crippen LogP) is 10.9. The molecule has 0 radical (unpaired) electrons. The second kappa shape index (κ2) is 11.7. The minimum Gasteiger partial charge on any atom is -0.507 e. The Balaban J connectivity index is 1.28. The van der Waals surface area contributed by atoms with E-state index in [0.717, 1.165) is 44.1 Å². The molecule has 7 aromatic carbocycles. The number of hydrogen-bond donors (Lipinski definition) is 1. The van der Waals surface area contributed by atoms with Crippen LogP contribution >= 0.6 is 0 Å². The third-order valence-electron chi connectivity index (χ3n) is 9.78. The van der Waals surface area contributed by atoms with E-state index in [9.17, 15) is 5.11 Å². The molecule has 0 atom stereocenters. The molecule has 3 heterocycles. The zero-order valence-electron chi connectivity index (χ0n) is 27.6. The molecule has 0 aliphatic rings. The van der Waals surface area contributed by atoms with Gasteiger partial charge < -0.3 is 9.67 Å². The largest absolute Gasteiger partial charge is 0.507 e. The Bertz CT molecular complexity index is 2950. The second-order valence-electron chi connectivity index (χ2n) is 12.8. The smallest absolute Gasteiger partial charge is 0.238 e. The second-order valence-corrected chi connectivity index (χ2v) is 12.8. The number of halogens is 1. The standard InChI is InChI=1S/C45H28FN5O/c46-36-20-12-19-35(42(36)34-18-7-11-24-41(34)52)44-47-43(28-13-2-1-3-14-28)48-45(49-44)51-39-23-10-6-17-32(39)33-26-25-29(27-40(33)51)50-37-21-8-4-15-30(37)31-16-5-9-22-38(31)50/h1-27,52H. The van der Waals surface area contributed by atoms with Crippen molar-refractivity contribution in [2.75, 3.05) is 0 Å². The number of aromatic hydroxyl groups is 1. The highest BCUT2D eigenvalue weighted by Gasteiger charge is 2.22. The van der Waals surface area contributed by atoms with Crippen LogP contribution in [0.5, 0.6) is 5.75 Å². The summed E-state index contributed by atoms with van der Waals surface area (Å²) in [5, 5.41) is 15.3. The van der Waals surface area contributed by atoms with Gasteiger partial charge in [0.15, 0.2) is 11.6 Å². The van der Waals surface area contributed by atoms with Gasteiger partial charge in [0, 0.05) is 49.5 Å². The molecule has 0 saturated heterocycles. The minimum absolute atomic E-state index is 0.0357. The van der Waals surface area contributed by atoms with E-state index in [-0.39, 0.29) is 17.1 Å². The molecule has 10 rings (SSSR count). The molecule has 246 valence electrons. The molecule has 0 saturated carbocycles. The van der Waals surface area contributed by atoms with E-state index < -0.39 is 5.82 Å². The lowest BCUT2D eigenvalue weighted by atomic mass is 9.97.